The SMILES string of the molecule is CC(OCc1ccccc1)C(NC(=O)[C@@H]1OCC[C@@H]1CNC(=O)OCC1c2ccccc2-c2ccccc21)C(=O)O. The Bertz CT molecular complexity index is 1330. The minimum absolute atomic E-state index is 0.0551. The van der Waals surface area contributed by atoms with Crippen LogP contribution in [0.25, 0.3) is 11.1 Å². The van der Waals surface area contributed by atoms with Crippen LogP contribution in [0.5, 0.6) is 0 Å². The Labute approximate surface area is 238 Å². The molecule has 5 rings (SSSR count). The van der Waals surface area contributed by atoms with Crippen molar-refractivity contribution in [1.82, 2.24) is 10.6 Å². The van der Waals surface area contributed by atoms with Crippen molar-refractivity contribution in [3.63, 3.8) is 0 Å². The Morgan fingerprint density at radius 3 is 2.24 bits per heavy atom. The van der Waals surface area contributed by atoms with Crippen LogP contribution in [0, 0.1) is 5.92 Å². The molecule has 0 aromatic heterocycles. The first-order valence-electron chi connectivity index (χ1n) is 13.8. The zero-order chi connectivity index (χ0) is 28.8. The molecule has 1 aliphatic carbocycles. The Kier molecular flexibility index (Phi) is 8.96. The van der Waals surface area contributed by atoms with Crippen molar-refractivity contribution in [2.75, 3.05) is 19.8 Å². The largest absolute Gasteiger partial charge is 0.480 e. The van der Waals surface area contributed by atoms with Gasteiger partial charge in [-0.1, -0.05) is 78.9 Å². The van der Waals surface area contributed by atoms with Crippen molar-refractivity contribution in [3.05, 3.63) is 95.6 Å². The molecule has 0 saturated carbocycles. The minimum Gasteiger partial charge on any atom is -0.480 e. The lowest BCUT2D eigenvalue weighted by molar-refractivity contribution is -0.148. The van der Waals surface area contributed by atoms with E-state index in [9.17, 15) is 19.5 Å². The van der Waals surface area contributed by atoms with Crippen LogP contribution in [0.4, 0.5) is 4.79 Å². The van der Waals surface area contributed by atoms with Crippen LogP contribution < -0.4 is 10.6 Å². The van der Waals surface area contributed by atoms with Crippen molar-refractivity contribution in [2.45, 2.75) is 44.1 Å². The number of carbonyl (C=O) groups excluding carboxylic acids is 2. The van der Waals surface area contributed by atoms with Gasteiger partial charge in [-0.15, -0.1) is 0 Å². The number of benzene rings is 3. The van der Waals surface area contributed by atoms with Crippen LogP contribution in [-0.2, 0) is 30.4 Å². The van der Waals surface area contributed by atoms with E-state index in [1.165, 1.54) is 0 Å². The van der Waals surface area contributed by atoms with Gasteiger partial charge in [-0.05, 0) is 41.2 Å². The first-order chi connectivity index (χ1) is 19.9. The summed E-state index contributed by atoms with van der Waals surface area (Å²) >= 11 is 0. The smallest absolute Gasteiger partial charge is 0.407 e. The second-order valence-electron chi connectivity index (χ2n) is 10.4. The molecule has 4 atom stereocenters. The number of nitrogens with one attached hydrogen (secondary N) is 2. The van der Waals surface area contributed by atoms with Gasteiger partial charge in [-0.2, -0.15) is 0 Å². The molecule has 0 bridgehead atoms. The fourth-order valence-corrected chi connectivity index (χ4v) is 5.51. The lowest BCUT2D eigenvalue weighted by Gasteiger charge is -2.25. The van der Waals surface area contributed by atoms with E-state index in [0.29, 0.717) is 13.0 Å². The van der Waals surface area contributed by atoms with E-state index >= 15 is 0 Å². The molecule has 1 aliphatic heterocycles. The van der Waals surface area contributed by atoms with Crippen LogP contribution in [0.1, 0.15) is 36.0 Å². The number of rotatable bonds is 11. The Morgan fingerprint density at radius 1 is 0.951 bits per heavy atom. The third-order valence-corrected chi connectivity index (χ3v) is 7.71. The topological polar surface area (TPSA) is 123 Å². The lowest BCUT2D eigenvalue weighted by Crippen LogP contribution is -2.53. The molecule has 2 amide bonds. The van der Waals surface area contributed by atoms with Gasteiger partial charge in [0.15, 0.2) is 6.04 Å². The Balaban J connectivity index is 1.12. The number of ether oxygens (including phenoxy) is 3. The number of carboxylic acids is 1. The van der Waals surface area contributed by atoms with E-state index in [1.807, 2.05) is 54.6 Å². The second kappa shape index (κ2) is 13.0. The van der Waals surface area contributed by atoms with E-state index in [1.54, 1.807) is 6.92 Å². The van der Waals surface area contributed by atoms with Crippen molar-refractivity contribution in [1.29, 1.82) is 0 Å². The fourth-order valence-electron chi connectivity index (χ4n) is 5.51. The highest BCUT2D eigenvalue weighted by molar-refractivity contribution is 5.87. The van der Waals surface area contributed by atoms with E-state index < -0.39 is 36.2 Å². The van der Waals surface area contributed by atoms with Gasteiger partial charge in [0, 0.05) is 25.0 Å². The van der Waals surface area contributed by atoms with Crippen LogP contribution in [0.3, 0.4) is 0 Å². The quantitative estimate of drug-likeness (QED) is 0.324. The van der Waals surface area contributed by atoms with E-state index in [4.69, 9.17) is 14.2 Å². The van der Waals surface area contributed by atoms with Gasteiger partial charge >= 0.3 is 12.1 Å². The number of alkyl carbamates (subject to hydrolysis) is 1. The standard InChI is InChI=1S/C32H34N2O7/c1-20(40-18-21-9-3-2-4-10-21)28(31(36)37)34-30(35)29-22(15-16-39-29)17-33-32(38)41-19-27-25-13-7-5-11-23(25)24-12-6-8-14-26(24)27/h2-14,20,22,27-29H,15-19H2,1H3,(H,33,38)(H,34,35)(H,36,37)/t20?,22-,28?,29-/m1/s1. The van der Waals surface area contributed by atoms with Gasteiger partial charge in [-0.25, -0.2) is 9.59 Å². The number of hydrogen-bond acceptors (Lipinski definition) is 6. The van der Waals surface area contributed by atoms with E-state index in [0.717, 1.165) is 27.8 Å². The molecule has 0 spiro atoms. The maximum absolute atomic E-state index is 13.0. The minimum atomic E-state index is -1.26. The van der Waals surface area contributed by atoms with Crippen molar-refractivity contribution in [3.8, 4) is 11.1 Å². The predicted octanol–water partition coefficient (Wildman–Crippen LogP) is 4.10. The van der Waals surface area contributed by atoms with E-state index in [2.05, 4.69) is 34.9 Å². The van der Waals surface area contributed by atoms with Gasteiger partial charge in [0.2, 0.25) is 5.91 Å². The number of carbonyl (C=O) groups is 3. The van der Waals surface area contributed by atoms with Crippen LogP contribution in [-0.4, -0.2) is 61.1 Å². The normalized spacial score (nSPS) is 19.0. The molecule has 9 nitrogen and oxygen atoms in total. The molecule has 3 N–H and O–H groups in total. The highest BCUT2D eigenvalue weighted by Gasteiger charge is 2.38. The highest BCUT2D eigenvalue weighted by Crippen LogP contribution is 2.44. The first kappa shape index (κ1) is 28.3. The van der Waals surface area contributed by atoms with Crippen LogP contribution in [0.15, 0.2) is 78.9 Å². The van der Waals surface area contributed by atoms with Gasteiger partial charge in [-0.3, -0.25) is 4.79 Å². The number of amides is 2. The Morgan fingerprint density at radius 2 is 1.59 bits per heavy atom. The molecule has 1 fully saturated rings. The molecule has 1 saturated heterocycles. The summed E-state index contributed by atoms with van der Waals surface area (Å²) in [6.45, 7) is 2.49. The molecule has 9 heteroatoms. The third-order valence-electron chi connectivity index (χ3n) is 7.71. The van der Waals surface area contributed by atoms with Crippen LogP contribution >= 0.6 is 0 Å². The summed E-state index contributed by atoms with van der Waals surface area (Å²) in [6.07, 6.45) is -1.72. The van der Waals surface area contributed by atoms with Crippen molar-refractivity contribution in [2.24, 2.45) is 5.92 Å². The summed E-state index contributed by atoms with van der Waals surface area (Å²) < 4.78 is 17.0. The molecule has 3 aromatic carbocycles. The van der Waals surface area contributed by atoms with Gasteiger partial charge < -0.3 is 30.0 Å². The van der Waals surface area contributed by atoms with Crippen molar-refractivity contribution >= 4 is 18.0 Å². The van der Waals surface area contributed by atoms with Crippen LogP contribution in [0.2, 0.25) is 0 Å². The zero-order valence-corrected chi connectivity index (χ0v) is 22.8. The van der Waals surface area contributed by atoms with Crippen molar-refractivity contribution < 1.29 is 33.7 Å². The Hall–Kier alpha value is -4.21. The highest BCUT2D eigenvalue weighted by atomic mass is 16.5. The number of carboxylic acid groups (broad SMARTS) is 1. The fraction of sp³-hybridized carbons (Fsp3) is 0.344. The number of fused-ring (bicyclic) bond motifs is 3. The van der Waals surface area contributed by atoms with Gasteiger partial charge in [0.25, 0.3) is 0 Å². The molecule has 2 unspecified atom stereocenters. The summed E-state index contributed by atoms with van der Waals surface area (Å²) in [5, 5.41) is 15.1. The summed E-state index contributed by atoms with van der Waals surface area (Å²) in [4.78, 5) is 37.6. The number of hydrogen-bond donors (Lipinski definition) is 3. The summed E-state index contributed by atoms with van der Waals surface area (Å²) in [5.41, 5.74) is 5.44. The maximum Gasteiger partial charge on any atom is 0.407 e. The predicted molar refractivity (Wildman–Crippen MR) is 151 cm³/mol. The first-order valence-corrected chi connectivity index (χ1v) is 13.8. The molecule has 2 aliphatic rings. The monoisotopic (exact) mass is 558 g/mol. The molecule has 214 valence electrons. The summed E-state index contributed by atoms with van der Waals surface area (Å²) in [5.74, 6) is -2.14. The summed E-state index contributed by atoms with van der Waals surface area (Å²) in [6, 6.07) is 24.3. The third kappa shape index (κ3) is 6.58. The zero-order valence-electron chi connectivity index (χ0n) is 22.8. The average molecular weight is 559 g/mol. The van der Waals surface area contributed by atoms with E-state index in [-0.39, 0.29) is 31.6 Å². The molecular formula is C32H34N2O7. The molecule has 41 heavy (non-hydrogen) atoms. The average Bonchev–Trinajstić information content (AvgIpc) is 3.59. The summed E-state index contributed by atoms with van der Waals surface area (Å²) in [7, 11) is 0. The number of aliphatic carboxylic acids is 1. The lowest BCUT2D eigenvalue weighted by atomic mass is 9.98. The molecule has 3 aromatic rings. The molecule has 0 radical (unpaired) electrons. The van der Waals surface area contributed by atoms with Gasteiger partial charge in [0.1, 0.15) is 12.7 Å². The molecular weight excluding hydrogens is 524 g/mol. The maximum atomic E-state index is 13.0. The second-order valence-corrected chi connectivity index (χ2v) is 10.4. The molecule has 1 heterocycles. The van der Waals surface area contributed by atoms with Gasteiger partial charge in [0.05, 0.1) is 12.7 Å².